The van der Waals surface area contributed by atoms with Crippen molar-refractivity contribution in [1.29, 1.82) is 0 Å². The van der Waals surface area contributed by atoms with Crippen LogP contribution >= 0.6 is 0 Å². The van der Waals surface area contributed by atoms with Crippen LogP contribution in [0.3, 0.4) is 0 Å². The van der Waals surface area contributed by atoms with E-state index in [0.29, 0.717) is 56.7 Å². The Labute approximate surface area is 147 Å². The second kappa shape index (κ2) is 9.85. The summed E-state index contributed by atoms with van der Waals surface area (Å²) in [5.74, 6) is 0.802. The average Bonchev–Trinajstić information content (AvgIpc) is 2.58. The average molecular weight is 351 g/mol. The number of nitrogens with one attached hydrogen (secondary N) is 2. The van der Waals surface area contributed by atoms with Crippen molar-refractivity contribution in [2.24, 2.45) is 0 Å². The molecule has 25 heavy (non-hydrogen) atoms. The molecule has 138 valence electrons. The first kappa shape index (κ1) is 19.0. The van der Waals surface area contributed by atoms with Gasteiger partial charge in [-0.1, -0.05) is 0 Å². The Morgan fingerprint density at radius 2 is 1.80 bits per heavy atom. The molecule has 1 aliphatic rings. The van der Waals surface area contributed by atoms with Crippen LogP contribution in [0, 0.1) is 0 Å². The number of morpholine rings is 1. The van der Waals surface area contributed by atoms with Gasteiger partial charge in [0.25, 0.3) is 0 Å². The minimum atomic E-state index is -0.579. The summed E-state index contributed by atoms with van der Waals surface area (Å²) in [5, 5.41) is 4.95. The Balaban J connectivity index is 1.88. The fourth-order valence-electron chi connectivity index (χ4n) is 2.42. The van der Waals surface area contributed by atoms with E-state index < -0.39 is 6.03 Å². The SMILES string of the molecule is CCOc1ccc(NC(=O)NC(=O)CN2CCOCC2)cc1OCC. The molecule has 0 spiro atoms. The zero-order chi connectivity index (χ0) is 18.1. The van der Waals surface area contributed by atoms with Gasteiger partial charge in [-0.25, -0.2) is 4.79 Å². The van der Waals surface area contributed by atoms with Crippen molar-refractivity contribution in [3.63, 3.8) is 0 Å². The lowest BCUT2D eigenvalue weighted by Crippen LogP contribution is -2.45. The predicted molar refractivity (Wildman–Crippen MR) is 93.2 cm³/mol. The van der Waals surface area contributed by atoms with E-state index in [4.69, 9.17) is 14.2 Å². The molecule has 0 radical (unpaired) electrons. The summed E-state index contributed by atoms with van der Waals surface area (Å²) in [6, 6.07) is 4.50. The van der Waals surface area contributed by atoms with Crippen LogP contribution in [0.2, 0.25) is 0 Å². The highest BCUT2D eigenvalue weighted by molar-refractivity contribution is 6.01. The molecule has 0 bridgehead atoms. The van der Waals surface area contributed by atoms with Crippen molar-refractivity contribution < 1.29 is 23.8 Å². The summed E-state index contributed by atoms with van der Waals surface area (Å²) < 4.78 is 16.2. The highest BCUT2D eigenvalue weighted by Gasteiger charge is 2.16. The number of nitrogens with zero attached hydrogens (tertiary/aromatic N) is 1. The molecule has 1 aromatic rings. The fraction of sp³-hybridized carbons (Fsp3) is 0.529. The van der Waals surface area contributed by atoms with Gasteiger partial charge in [-0.3, -0.25) is 15.0 Å². The summed E-state index contributed by atoms with van der Waals surface area (Å²) in [4.78, 5) is 25.8. The summed E-state index contributed by atoms with van der Waals surface area (Å²) in [6.07, 6.45) is 0. The summed E-state index contributed by atoms with van der Waals surface area (Å²) in [6.45, 7) is 7.50. The van der Waals surface area contributed by atoms with Crippen LogP contribution in [0.15, 0.2) is 18.2 Å². The summed E-state index contributed by atoms with van der Waals surface area (Å²) in [5.41, 5.74) is 0.517. The molecule has 1 heterocycles. The number of hydrogen-bond donors (Lipinski definition) is 2. The van der Waals surface area contributed by atoms with Crippen LogP contribution in [0.1, 0.15) is 13.8 Å². The number of imide groups is 1. The lowest BCUT2D eigenvalue weighted by atomic mass is 10.2. The molecule has 1 saturated heterocycles. The maximum Gasteiger partial charge on any atom is 0.325 e. The molecular weight excluding hydrogens is 326 g/mol. The van der Waals surface area contributed by atoms with Gasteiger partial charge in [-0.2, -0.15) is 0 Å². The normalized spacial score (nSPS) is 14.6. The predicted octanol–water partition coefficient (Wildman–Crippen LogP) is 1.46. The van der Waals surface area contributed by atoms with Crippen LogP contribution in [0.4, 0.5) is 10.5 Å². The quantitative estimate of drug-likeness (QED) is 0.773. The largest absolute Gasteiger partial charge is 0.490 e. The number of carbonyl (C=O) groups excluding carboxylic acids is 2. The van der Waals surface area contributed by atoms with E-state index in [1.165, 1.54) is 0 Å². The zero-order valence-electron chi connectivity index (χ0n) is 14.7. The van der Waals surface area contributed by atoms with E-state index in [1.54, 1.807) is 18.2 Å². The number of hydrogen-bond acceptors (Lipinski definition) is 6. The number of amides is 3. The Hall–Kier alpha value is -2.32. The molecule has 0 aliphatic carbocycles. The van der Waals surface area contributed by atoms with Gasteiger partial charge in [0.1, 0.15) is 0 Å². The topological polar surface area (TPSA) is 89.1 Å². The van der Waals surface area contributed by atoms with E-state index in [9.17, 15) is 9.59 Å². The van der Waals surface area contributed by atoms with Crippen LogP contribution < -0.4 is 20.1 Å². The molecular formula is C17H25N3O5. The van der Waals surface area contributed by atoms with Crippen LogP contribution in [-0.2, 0) is 9.53 Å². The number of rotatable bonds is 7. The van der Waals surface area contributed by atoms with E-state index in [2.05, 4.69) is 10.6 Å². The van der Waals surface area contributed by atoms with Gasteiger partial charge in [0, 0.05) is 24.8 Å². The first-order valence-electron chi connectivity index (χ1n) is 8.43. The van der Waals surface area contributed by atoms with Crippen molar-refractivity contribution in [2.75, 3.05) is 51.4 Å². The number of anilines is 1. The summed E-state index contributed by atoms with van der Waals surface area (Å²) in [7, 11) is 0. The molecule has 0 atom stereocenters. The van der Waals surface area contributed by atoms with Crippen molar-refractivity contribution in [1.82, 2.24) is 10.2 Å². The molecule has 8 nitrogen and oxygen atoms in total. The minimum absolute atomic E-state index is 0.171. The lowest BCUT2D eigenvalue weighted by Gasteiger charge is -2.25. The second-order valence-corrected chi connectivity index (χ2v) is 5.42. The third-order valence-corrected chi connectivity index (χ3v) is 3.53. The van der Waals surface area contributed by atoms with E-state index >= 15 is 0 Å². The van der Waals surface area contributed by atoms with Crippen LogP contribution in [-0.4, -0.2) is 62.9 Å². The number of carbonyl (C=O) groups is 2. The van der Waals surface area contributed by atoms with Gasteiger partial charge in [0.15, 0.2) is 11.5 Å². The molecule has 3 amide bonds. The van der Waals surface area contributed by atoms with E-state index in [1.807, 2.05) is 18.7 Å². The molecule has 0 unspecified atom stereocenters. The van der Waals surface area contributed by atoms with Gasteiger partial charge < -0.3 is 19.5 Å². The Morgan fingerprint density at radius 3 is 2.48 bits per heavy atom. The molecule has 1 aliphatic heterocycles. The van der Waals surface area contributed by atoms with Crippen LogP contribution in [0.25, 0.3) is 0 Å². The van der Waals surface area contributed by atoms with Crippen molar-refractivity contribution >= 4 is 17.6 Å². The first-order chi connectivity index (χ1) is 12.1. The van der Waals surface area contributed by atoms with Crippen molar-refractivity contribution in [3.8, 4) is 11.5 Å². The highest BCUT2D eigenvalue weighted by atomic mass is 16.5. The van der Waals surface area contributed by atoms with E-state index in [-0.39, 0.29) is 12.5 Å². The number of ether oxygens (including phenoxy) is 3. The zero-order valence-corrected chi connectivity index (χ0v) is 14.7. The lowest BCUT2D eigenvalue weighted by molar-refractivity contribution is -0.122. The van der Waals surface area contributed by atoms with Gasteiger partial charge in [0.2, 0.25) is 5.91 Å². The maximum atomic E-state index is 12.0. The van der Waals surface area contributed by atoms with Gasteiger partial charge >= 0.3 is 6.03 Å². The highest BCUT2D eigenvalue weighted by Crippen LogP contribution is 2.30. The minimum Gasteiger partial charge on any atom is -0.490 e. The molecule has 1 aromatic carbocycles. The third kappa shape index (κ3) is 6.24. The first-order valence-corrected chi connectivity index (χ1v) is 8.43. The standard InChI is InChI=1S/C17H25N3O5/c1-3-24-14-6-5-13(11-15(14)25-4-2)18-17(22)19-16(21)12-20-7-9-23-10-8-20/h5-6,11H,3-4,7-10,12H2,1-2H3,(H2,18,19,21,22). The molecule has 0 aromatic heterocycles. The summed E-state index contributed by atoms with van der Waals surface area (Å²) >= 11 is 0. The van der Waals surface area contributed by atoms with Gasteiger partial charge in [0.05, 0.1) is 33.0 Å². The van der Waals surface area contributed by atoms with Gasteiger partial charge in [-0.15, -0.1) is 0 Å². The Bertz CT molecular complexity index is 588. The van der Waals surface area contributed by atoms with Crippen molar-refractivity contribution in [2.45, 2.75) is 13.8 Å². The number of benzene rings is 1. The van der Waals surface area contributed by atoms with Gasteiger partial charge in [-0.05, 0) is 26.0 Å². The molecule has 0 saturated carbocycles. The Morgan fingerprint density at radius 1 is 1.12 bits per heavy atom. The van der Waals surface area contributed by atoms with Crippen molar-refractivity contribution in [3.05, 3.63) is 18.2 Å². The van der Waals surface area contributed by atoms with Crippen LogP contribution in [0.5, 0.6) is 11.5 Å². The maximum absolute atomic E-state index is 12.0. The fourth-order valence-corrected chi connectivity index (χ4v) is 2.42. The molecule has 2 N–H and O–H groups in total. The molecule has 2 rings (SSSR count). The van der Waals surface area contributed by atoms with E-state index in [0.717, 1.165) is 0 Å². The smallest absolute Gasteiger partial charge is 0.325 e. The molecule has 1 fully saturated rings. The third-order valence-electron chi connectivity index (χ3n) is 3.53. The Kier molecular flexibility index (Phi) is 7.49. The number of urea groups is 1. The second-order valence-electron chi connectivity index (χ2n) is 5.42. The monoisotopic (exact) mass is 351 g/mol. The molecule has 8 heteroatoms.